The summed E-state index contributed by atoms with van der Waals surface area (Å²) in [6.45, 7) is 4.95. The average molecular weight is 282 g/mol. The lowest BCUT2D eigenvalue weighted by atomic mass is 10.3. The molecule has 0 saturated heterocycles. The molecule has 1 aromatic carbocycles. The number of anilines is 2. The second kappa shape index (κ2) is 5.52. The number of imidazole rings is 1. The van der Waals surface area contributed by atoms with Crippen LogP contribution in [0.3, 0.4) is 0 Å². The zero-order chi connectivity index (χ0) is 15.5. The summed E-state index contributed by atoms with van der Waals surface area (Å²) in [7, 11) is 0. The number of fused-ring (bicyclic) bond motifs is 1. The SMILES string of the molecule is [2H]Cc1nc2c(Nc3ccccc3)nc(CC)nc2n1CC. The van der Waals surface area contributed by atoms with Crippen molar-refractivity contribution in [3.63, 3.8) is 0 Å². The Morgan fingerprint density at radius 1 is 1.14 bits per heavy atom. The highest BCUT2D eigenvalue weighted by molar-refractivity contribution is 5.85. The van der Waals surface area contributed by atoms with Gasteiger partial charge in [0.05, 0.1) is 0 Å². The maximum Gasteiger partial charge on any atom is 0.165 e. The molecule has 108 valence electrons. The van der Waals surface area contributed by atoms with E-state index in [4.69, 9.17) is 1.37 Å². The van der Waals surface area contributed by atoms with Gasteiger partial charge in [-0.2, -0.15) is 0 Å². The van der Waals surface area contributed by atoms with E-state index >= 15 is 0 Å². The van der Waals surface area contributed by atoms with Crippen LogP contribution >= 0.6 is 0 Å². The fourth-order valence-electron chi connectivity index (χ4n) is 2.33. The first-order chi connectivity index (χ1) is 10.8. The van der Waals surface area contributed by atoms with E-state index in [1.165, 1.54) is 0 Å². The number of hydrogen-bond acceptors (Lipinski definition) is 4. The van der Waals surface area contributed by atoms with Crippen molar-refractivity contribution in [1.29, 1.82) is 0 Å². The van der Waals surface area contributed by atoms with E-state index in [1.807, 2.05) is 48.7 Å². The van der Waals surface area contributed by atoms with Gasteiger partial charge in [-0.05, 0) is 26.0 Å². The lowest BCUT2D eigenvalue weighted by Crippen LogP contribution is -2.03. The van der Waals surface area contributed by atoms with Gasteiger partial charge in [-0.1, -0.05) is 25.1 Å². The number of aromatic nitrogens is 4. The van der Waals surface area contributed by atoms with Gasteiger partial charge in [-0.25, -0.2) is 15.0 Å². The Morgan fingerprint density at radius 3 is 2.62 bits per heavy atom. The van der Waals surface area contributed by atoms with Gasteiger partial charge in [0.25, 0.3) is 0 Å². The highest BCUT2D eigenvalue weighted by atomic mass is 15.2. The third kappa shape index (κ3) is 2.46. The molecule has 0 amide bonds. The smallest absolute Gasteiger partial charge is 0.165 e. The first-order valence-corrected chi connectivity index (χ1v) is 7.14. The predicted octanol–water partition coefficient (Wildman–Crippen LogP) is 3.46. The topological polar surface area (TPSA) is 55.6 Å². The van der Waals surface area contributed by atoms with Crippen LogP contribution in [0.25, 0.3) is 11.2 Å². The number of hydrogen-bond donors (Lipinski definition) is 1. The van der Waals surface area contributed by atoms with Gasteiger partial charge in [0.2, 0.25) is 0 Å². The summed E-state index contributed by atoms with van der Waals surface area (Å²) >= 11 is 0. The van der Waals surface area contributed by atoms with E-state index in [1.54, 1.807) is 0 Å². The molecule has 0 aliphatic heterocycles. The van der Waals surface area contributed by atoms with E-state index in [0.717, 1.165) is 41.5 Å². The van der Waals surface area contributed by atoms with Crippen LogP contribution in [0, 0.1) is 6.90 Å². The van der Waals surface area contributed by atoms with E-state index in [2.05, 4.69) is 20.3 Å². The first kappa shape index (κ1) is 12.3. The van der Waals surface area contributed by atoms with Crippen molar-refractivity contribution in [3.05, 3.63) is 42.0 Å². The second-order valence-corrected chi connectivity index (χ2v) is 4.78. The normalized spacial score (nSPS) is 11.6. The molecule has 0 radical (unpaired) electrons. The largest absolute Gasteiger partial charge is 0.338 e. The molecule has 5 heteroatoms. The molecule has 0 unspecified atom stereocenters. The van der Waals surface area contributed by atoms with Gasteiger partial charge in [-0.3, -0.25) is 0 Å². The third-order valence-electron chi connectivity index (χ3n) is 3.39. The first-order valence-electron chi connectivity index (χ1n) is 7.84. The Balaban J connectivity index is 2.17. The van der Waals surface area contributed by atoms with Gasteiger partial charge >= 0.3 is 0 Å². The number of nitrogens with zero attached hydrogens (tertiary/aromatic N) is 4. The molecule has 2 aromatic heterocycles. The minimum atomic E-state index is 0.135. The van der Waals surface area contributed by atoms with Crippen LogP contribution in [0.4, 0.5) is 11.5 Å². The van der Waals surface area contributed by atoms with E-state index in [9.17, 15) is 0 Å². The highest BCUT2D eigenvalue weighted by Gasteiger charge is 2.14. The Kier molecular flexibility index (Phi) is 3.24. The van der Waals surface area contributed by atoms with Gasteiger partial charge in [0.15, 0.2) is 17.0 Å². The molecule has 0 aliphatic carbocycles. The van der Waals surface area contributed by atoms with Gasteiger partial charge in [0.1, 0.15) is 11.6 Å². The molecule has 0 saturated carbocycles. The van der Waals surface area contributed by atoms with Crippen molar-refractivity contribution in [2.24, 2.45) is 0 Å². The van der Waals surface area contributed by atoms with E-state index < -0.39 is 0 Å². The lowest BCUT2D eigenvalue weighted by Gasteiger charge is -2.08. The standard InChI is InChI=1S/C16H19N5/c1-4-13-19-15(18-12-9-7-6-8-10-12)14-16(20-13)21(5-2)11(3)17-14/h6-10H,4-5H2,1-3H3,(H,18,19,20)/i3D. The van der Waals surface area contributed by atoms with Crippen LogP contribution in [0.1, 0.15) is 26.9 Å². The van der Waals surface area contributed by atoms with Crippen LogP contribution in [0.2, 0.25) is 0 Å². The summed E-state index contributed by atoms with van der Waals surface area (Å²) in [6.07, 6.45) is 0.754. The molecule has 3 aromatic rings. The summed E-state index contributed by atoms with van der Waals surface area (Å²) in [4.78, 5) is 13.7. The van der Waals surface area contributed by atoms with Gasteiger partial charge in [-0.15, -0.1) is 0 Å². The minimum Gasteiger partial charge on any atom is -0.338 e. The molecular formula is C16H19N5. The molecule has 2 heterocycles. The Labute approximate surface area is 125 Å². The Morgan fingerprint density at radius 2 is 1.95 bits per heavy atom. The van der Waals surface area contributed by atoms with Crippen LogP contribution < -0.4 is 5.32 Å². The summed E-state index contributed by atoms with van der Waals surface area (Å²) in [5, 5.41) is 3.32. The van der Waals surface area contributed by atoms with Gasteiger partial charge < -0.3 is 9.88 Å². The number of benzene rings is 1. The van der Waals surface area contributed by atoms with Gasteiger partial charge in [0, 0.05) is 20.0 Å². The van der Waals surface area contributed by atoms with Crippen molar-refractivity contribution in [3.8, 4) is 0 Å². The van der Waals surface area contributed by atoms with Crippen LogP contribution in [0.15, 0.2) is 30.3 Å². The Hall–Kier alpha value is -2.43. The summed E-state index contributed by atoms with van der Waals surface area (Å²) in [5.41, 5.74) is 2.49. The molecular weight excluding hydrogens is 262 g/mol. The molecule has 3 rings (SSSR count). The highest BCUT2D eigenvalue weighted by Crippen LogP contribution is 2.24. The maximum absolute atomic E-state index is 7.66. The van der Waals surface area contributed by atoms with Crippen molar-refractivity contribution >= 4 is 22.7 Å². The molecule has 0 spiro atoms. The summed E-state index contributed by atoms with van der Waals surface area (Å²) < 4.78 is 9.64. The molecule has 0 atom stereocenters. The Bertz CT molecular complexity index is 782. The minimum absolute atomic E-state index is 0.135. The maximum atomic E-state index is 7.66. The van der Waals surface area contributed by atoms with Crippen LogP contribution in [-0.4, -0.2) is 19.5 Å². The van der Waals surface area contributed by atoms with Crippen molar-refractivity contribution in [2.75, 3.05) is 5.32 Å². The van der Waals surface area contributed by atoms with Crippen molar-refractivity contribution < 1.29 is 1.37 Å². The lowest BCUT2D eigenvalue weighted by molar-refractivity contribution is 0.742. The number of nitrogens with one attached hydrogen (secondary N) is 1. The van der Waals surface area contributed by atoms with Crippen LogP contribution in [0.5, 0.6) is 0 Å². The summed E-state index contributed by atoms with van der Waals surface area (Å²) in [5.74, 6) is 2.20. The second-order valence-electron chi connectivity index (χ2n) is 4.78. The van der Waals surface area contributed by atoms with Crippen molar-refractivity contribution in [2.45, 2.75) is 33.7 Å². The van der Waals surface area contributed by atoms with Crippen LogP contribution in [-0.2, 0) is 13.0 Å². The average Bonchev–Trinajstić information content (AvgIpc) is 2.93. The molecule has 21 heavy (non-hydrogen) atoms. The number of aryl methyl sites for hydroxylation is 3. The molecule has 0 fully saturated rings. The molecule has 0 aliphatic rings. The zero-order valence-electron chi connectivity index (χ0n) is 13.3. The van der Waals surface area contributed by atoms with Crippen molar-refractivity contribution in [1.82, 2.24) is 19.5 Å². The number of rotatable bonds is 4. The molecule has 1 N–H and O–H groups in total. The summed E-state index contributed by atoms with van der Waals surface area (Å²) in [6, 6.07) is 9.90. The third-order valence-corrected chi connectivity index (χ3v) is 3.39. The van der Waals surface area contributed by atoms with E-state index in [0.29, 0.717) is 5.82 Å². The number of para-hydroxylation sites is 1. The van der Waals surface area contributed by atoms with E-state index in [-0.39, 0.29) is 6.90 Å². The fourth-order valence-corrected chi connectivity index (χ4v) is 2.33. The fraction of sp³-hybridized carbons (Fsp3) is 0.312. The quantitative estimate of drug-likeness (QED) is 0.796. The monoisotopic (exact) mass is 282 g/mol. The molecule has 0 bridgehead atoms. The predicted molar refractivity (Wildman–Crippen MR) is 84.8 cm³/mol. The molecule has 5 nitrogen and oxygen atoms in total. The zero-order valence-corrected chi connectivity index (χ0v) is 12.3.